The van der Waals surface area contributed by atoms with Crippen LogP contribution in [0.3, 0.4) is 0 Å². The molecule has 0 aromatic rings. The van der Waals surface area contributed by atoms with Gasteiger partial charge in [0, 0.05) is 12.0 Å². The Morgan fingerprint density at radius 3 is 2.73 bits per heavy atom. The van der Waals surface area contributed by atoms with E-state index in [2.05, 4.69) is 27.4 Å². The van der Waals surface area contributed by atoms with Crippen LogP contribution in [0.5, 0.6) is 0 Å². The van der Waals surface area contributed by atoms with Gasteiger partial charge < -0.3 is 9.90 Å². The molecule has 0 unspecified atom stereocenters. The zero-order valence-electron chi connectivity index (χ0n) is 14.7. The standard InChI is InChI=1S/C20H34O2/c1-15(10-13-21)6-8-17-16(2)7-9-18-19(3,14-22)11-5-12-20(17,18)4/h14-15,17-18,21H,2,5-13H2,1,3-4H3/t15-,17-,18+,19-,20-/m0/s1. The zero-order chi connectivity index (χ0) is 16.4. The second-order valence-electron chi connectivity index (χ2n) is 8.48. The van der Waals surface area contributed by atoms with E-state index in [-0.39, 0.29) is 17.4 Å². The molecule has 0 aliphatic heterocycles. The van der Waals surface area contributed by atoms with Crippen molar-refractivity contribution in [3.05, 3.63) is 12.2 Å². The largest absolute Gasteiger partial charge is 0.396 e. The maximum atomic E-state index is 11.8. The van der Waals surface area contributed by atoms with E-state index in [4.69, 9.17) is 5.11 Å². The minimum absolute atomic E-state index is 0.136. The quantitative estimate of drug-likeness (QED) is 0.567. The van der Waals surface area contributed by atoms with E-state index in [0.717, 1.165) is 38.5 Å². The molecule has 0 aromatic heterocycles. The molecule has 0 bridgehead atoms. The molecule has 2 aliphatic carbocycles. The first-order valence-electron chi connectivity index (χ1n) is 9.12. The highest BCUT2D eigenvalue weighted by Crippen LogP contribution is 2.61. The Morgan fingerprint density at radius 2 is 2.09 bits per heavy atom. The number of hydrogen-bond acceptors (Lipinski definition) is 2. The number of carbonyl (C=O) groups is 1. The van der Waals surface area contributed by atoms with Gasteiger partial charge in [0.15, 0.2) is 0 Å². The third-order valence-corrected chi connectivity index (χ3v) is 6.91. The van der Waals surface area contributed by atoms with Gasteiger partial charge in [-0.25, -0.2) is 0 Å². The van der Waals surface area contributed by atoms with E-state index >= 15 is 0 Å². The van der Waals surface area contributed by atoms with Crippen LogP contribution in [-0.2, 0) is 4.79 Å². The average molecular weight is 306 g/mol. The Kier molecular flexibility index (Phi) is 5.53. The van der Waals surface area contributed by atoms with E-state index in [0.29, 0.717) is 17.8 Å². The highest BCUT2D eigenvalue weighted by Gasteiger charge is 2.54. The number of allylic oxidation sites excluding steroid dienone is 1. The van der Waals surface area contributed by atoms with Crippen LogP contribution in [0.15, 0.2) is 12.2 Å². The van der Waals surface area contributed by atoms with Gasteiger partial charge in [0.25, 0.3) is 0 Å². The Hall–Kier alpha value is -0.630. The Labute approximate surface area is 136 Å². The fourth-order valence-electron chi connectivity index (χ4n) is 5.49. The van der Waals surface area contributed by atoms with E-state index in [9.17, 15) is 4.79 Å². The lowest BCUT2D eigenvalue weighted by Gasteiger charge is -2.57. The van der Waals surface area contributed by atoms with Gasteiger partial charge in [-0.05, 0) is 61.7 Å². The van der Waals surface area contributed by atoms with Gasteiger partial charge in [-0.1, -0.05) is 45.8 Å². The molecular formula is C20H34O2. The van der Waals surface area contributed by atoms with E-state index in [1.807, 2.05) is 0 Å². The highest BCUT2D eigenvalue weighted by molar-refractivity contribution is 5.60. The smallest absolute Gasteiger partial charge is 0.126 e. The zero-order valence-corrected chi connectivity index (χ0v) is 14.7. The van der Waals surface area contributed by atoms with Crippen molar-refractivity contribution in [2.24, 2.45) is 28.6 Å². The summed E-state index contributed by atoms with van der Waals surface area (Å²) in [4.78, 5) is 11.8. The first-order valence-corrected chi connectivity index (χ1v) is 9.12. The second-order valence-corrected chi connectivity index (χ2v) is 8.48. The summed E-state index contributed by atoms with van der Waals surface area (Å²) in [6.07, 6.45) is 10.1. The van der Waals surface area contributed by atoms with Crippen LogP contribution < -0.4 is 0 Å². The first-order chi connectivity index (χ1) is 10.4. The van der Waals surface area contributed by atoms with Crippen LogP contribution in [0.25, 0.3) is 0 Å². The summed E-state index contributed by atoms with van der Waals surface area (Å²) in [5.74, 6) is 1.63. The van der Waals surface area contributed by atoms with Crippen LogP contribution >= 0.6 is 0 Å². The van der Waals surface area contributed by atoms with Crippen molar-refractivity contribution < 1.29 is 9.90 Å². The van der Waals surface area contributed by atoms with Gasteiger partial charge in [0.2, 0.25) is 0 Å². The summed E-state index contributed by atoms with van der Waals surface area (Å²) in [5.41, 5.74) is 1.51. The van der Waals surface area contributed by atoms with Crippen LogP contribution in [0.2, 0.25) is 0 Å². The van der Waals surface area contributed by atoms with Crippen molar-refractivity contribution in [2.45, 2.75) is 72.1 Å². The fourth-order valence-corrected chi connectivity index (χ4v) is 5.49. The van der Waals surface area contributed by atoms with Gasteiger partial charge in [-0.15, -0.1) is 0 Å². The number of fused-ring (bicyclic) bond motifs is 1. The van der Waals surface area contributed by atoms with Crippen molar-refractivity contribution in [2.75, 3.05) is 6.61 Å². The predicted octanol–water partition coefficient (Wildman–Crippen LogP) is 4.76. The normalized spacial score (nSPS) is 40.1. The molecule has 2 rings (SSSR count). The first kappa shape index (κ1) is 17.7. The number of rotatable bonds is 6. The average Bonchev–Trinajstić information content (AvgIpc) is 2.46. The monoisotopic (exact) mass is 306 g/mol. The molecule has 2 nitrogen and oxygen atoms in total. The Balaban J connectivity index is 2.17. The molecule has 0 amide bonds. The van der Waals surface area contributed by atoms with Crippen molar-refractivity contribution in [3.8, 4) is 0 Å². The van der Waals surface area contributed by atoms with Crippen LogP contribution in [0.4, 0.5) is 0 Å². The third-order valence-electron chi connectivity index (χ3n) is 6.91. The molecule has 0 radical (unpaired) electrons. The van der Waals surface area contributed by atoms with Crippen molar-refractivity contribution in [3.63, 3.8) is 0 Å². The summed E-state index contributed by atoms with van der Waals surface area (Å²) in [7, 11) is 0. The molecule has 0 heterocycles. The molecule has 1 N–H and O–H groups in total. The van der Waals surface area contributed by atoms with Crippen molar-refractivity contribution in [1.29, 1.82) is 0 Å². The van der Waals surface area contributed by atoms with Gasteiger partial charge in [-0.2, -0.15) is 0 Å². The maximum Gasteiger partial charge on any atom is 0.126 e. The highest BCUT2D eigenvalue weighted by atomic mass is 16.3. The maximum absolute atomic E-state index is 11.8. The molecule has 0 aromatic carbocycles. The predicted molar refractivity (Wildman–Crippen MR) is 91.6 cm³/mol. The summed E-state index contributed by atoms with van der Waals surface area (Å²) in [6, 6.07) is 0. The molecule has 5 atom stereocenters. The summed E-state index contributed by atoms with van der Waals surface area (Å²) < 4.78 is 0. The molecule has 2 fully saturated rings. The topological polar surface area (TPSA) is 37.3 Å². The minimum Gasteiger partial charge on any atom is -0.396 e. The molecule has 0 spiro atoms. The number of aliphatic hydroxyl groups is 1. The molecular weight excluding hydrogens is 272 g/mol. The number of hydrogen-bond donors (Lipinski definition) is 1. The lowest BCUT2D eigenvalue weighted by molar-refractivity contribution is -0.130. The van der Waals surface area contributed by atoms with Gasteiger partial charge in [0.05, 0.1) is 0 Å². The Morgan fingerprint density at radius 1 is 1.36 bits per heavy atom. The molecule has 0 saturated heterocycles. The summed E-state index contributed by atoms with van der Waals surface area (Å²) in [5, 5.41) is 9.11. The summed E-state index contributed by atoms with van der Waals surface area (Å²) in [6.45, 7) is 11.5. The van der Waals surface area contributed by atoms with Crippen molar-refractivity contribution in [1.82, 2.24) is 0 Å². The number of carbonyl (C=O) groups excluding carboxylic acids is 1. The molecule has 2 heteroatoms. The van der Waals surface area contributed by atoms with Gasteiger partial charge in [0.1, 0.15) is 6.29 Å². The van der Waals surface area contributed by atoms with E-state index in [1.165, 1.54) is 24.7 Å². The van der Waals surface area contributed by atoms with E-state index < -0.39 is 0 Å². The van der Waals surface area contributed by atoms with Gasteiger partial charge in [-0.3, -0.25) is 0 Å². The van der Waals surface area contributed by atoms with Crippen LogP contribution in [0, 0.1) is 28.6 Å². The van der Waals surface area contributed by atoms with Crippen LogP contribution in [0.1, 0.15) is 72.1 Å². The minimum atomic E-state index is -0.136. The summed E-state index contributed by atoms with van der Waals surface area (Å²) >= 11 is 0. The SMILES string of the molecule is C=C1CC[C@H]2[C@@](C)(CCC[C@@]2(C)C=O)[C@H]1CC[C@H](C)CCO. The van der Waals surface area contributed by atoms with E-state index in [1.54, 1.807) is 0 Å². The lowest BCUT2D eigenvalue weighted by Crippen LogP contribution is -2.51. The fraction of sp³-hybridized carbons (Fsp3) is 0.850. The molecule has 126 valence electrons. The van der Waals surface area contributed by atoms with Crippen LogP contribution in [-0.4, -0.2) is 18.0 Å². The molecule has 2 aliphatic rings. The van der Waals surface area contributed by atoms with Crippen molar-refractivity contribution >= 4 is 6.29 Å². The third kappa shape index (κ3) is 3.18. The Bertz CT molecular complexity index is 416. The lowest BCUT2D eigenvalue weighted by atomic mass is 9.47. The molecule has 2 saturated carbocycles. The number of aliphatic hydroxyl groups excluding tert-OH is 1. The van der Waals surface area contributed by atoms with Gasteiger partial charge >= 0.3 is 0 Å². The molecule has 22 heavy (non-hydrogen) atoms. The number of aldehydes is 1. The second kappa shape index (κ2) is 6.86.